The zero-order valence-electron chi connectivity index (χ0n) is 5.42. The molecule has 0 aliphatic carbocycles. The summed E-state index contributed by atoms with van der Waals surface area (Å²) in [4.78, 5) is 18.1. The fraction of sp³-hybridized carbons (Fsp3) is 0.333. The van der Waals surface area contributed by atoms with Gasteiger partial charge in [0.15, 0.2) is 0 Å². The Kier molecular flexibility index (Phi) is 12.0. The second kappa shape index (κ2) is 9.99. The number of carbonyl (C=O) groups is 2. The highest BCUT2D eigenvalue weighted by Crippen LogP contribution is 1.74. The van der Waals surface area contributed by atoms with E-state index in [2.05, 4.69) is 11.3 Å². The van der Waals surface area contributed by atoms with E-state index in [-0.39, 0.29) is 5.97 Å². The lowest BCUT2D eigenvalue weighted by molar-refractivity contribution is -0.137. The van der Waals surface area contributed by atoms with Crippen LogP contribution in [0.2, 0.25) is 0 Å². The minimum absolute atomic E-state index is 0.359. The Hall–Kier alpha value is -1.12. The molecule has 0 aromatic carbocycles. The highest BCUT2D eigenvalue weighted by Gasteiger charge is 1.86. The van der Waals surface area contributed by atoms with Gasteiger partial charge in [0.2, 0.25) is 0 Å². The van der Waals surface area contributed by atoms with Crippen LogP contribution in [0.3, 0.4) is 0 Å². The second-order valence-electron chi connectivity index (χ2n) is 0.956. The fourth-order valence-corrected chi connectivity index (χ4v) is 0.201. The first kappa shape index (κ1) is 10.8. The maximum Gasteiger partial charge on any atom is 0.330 e. The van der Waals surface area contributed by atoms with Gasteiger partial charge in [-0.25, -0.2) is 4.79 Å². The number of ether oxygens (including phenoxy) is 1. The molecule has 0 N–H and O–H groups in total. The van der Waals surface area contributed by atoms with Gasteiger partial charge in [0.1, 0.15) is 6.79 Å². The van der Waals surface area contributed by atoms with Crippen molar-refractivity contribution >= 4 is 12.8 Å². The standard InChI is InChI=1S/C5H8O2.CH2O/c1-3-5(6)7-4-2;1-2/h3H,1,4H2,2H3;1H2. The molecule has 0 atom stereocenters. The molecule has 0 aromatic rings. The normalized spacial score (nSPS) is 6.33. The number of rotatable bonds is 2. The number of hydrogen-bond donors (Lipinski definition) is 0. The summed E-state index contributed by atoms with van der Waals surface area (Å²) in [5, 5.41) is 0. The summed E-state index contributed by atoms with van der Waals surface area (Å²) >= 11 is 0. The van der Waals surface area contributed by atoms with Gasteiger partial charge in [-0.2, -0.15) is 0 Å². The van der Waals surface area contributed by atoms with Crippen LogP contribution in [0.5, 0.6) is 0 Å². The fourth-order valence-electron chi connectivity index (χ4n) is 0.201. The van der Waals surface area contributed by atoms with Crippen molar-refractivity contribution in [2.24, 2.45) is 0 Å². The summed E-state index contributed by atoms with van der Waals surface area (Å²) in [6, 6.07) is 0. The van der Waals surface area contributed by atoms with E-state index in [1.54, 1.807) is 6.92 Å². The van der Waals surface area contributed by atoms with Crippen LogP contribution in [0.1, 0.15) is 6.92 Å². The molecule has 9 heavy (non-hydrogen) atoms. The van der Waals surface area contributed by atoms with Crippen molar-refractivity contribution in [2.75, 3.05) is 6.61 Å². The van der Waals surface area contributed by atoms with Crippen LogP contribution >= 0.6 is 0 Å². The molecule has 3 heteroatoms. The number of hydrogen-bond acceptors (Lipinski definition) is 3. The summed E-state index contributed by atoms with van der Waals surface area (Å²) in [6.45, 7) is 7.38. The van der Waals surface area contributed by atoms with Crippen LogP contribution in [0.4, 0.5) is 0 Å². The van der Waals surface area contributed by atoms with E-state index in [9.17, 15) is 4.79 Å². The van der Waals surface area contributed by atoms with Crippen molar-refractivity contribution in [3.05, 3.63) is 12.7 Å². The van der Waals surface area contributed by atoms with E-state index in [1.807, 2.05) is 6.79 Å². The molecule has 0 unspecified atom stereocenters. The molecule has 0 bridgehead atoms. The lowest BCUT2D eigenvalue weighted by Crippen LogP contribution is -1.97. The quantitative estimate of drug-likeness (QED) is 0.405. The third-order valence-electron chi connectivity index (χ3n) is 0.453. The third-order valence-corrected chi connectivity index (χ3v) is 0.453. The Morgan fingerprint density at radius 1 is 1.67 bits per heavy atom. The van der Waals surface area contributed by atoms with E-state index >= 15 is 0 Å². The van der Waals surface area contributed by atoms with Gasteiger partial charge in [-0.15, -0.1) is 0 Å². The van der Waals surface area contributed by atoms with Crippen molar-refractivity contribution in [3.8, 4) is 0 Å². The van der Waals surface area contributed by atoms with Gasteiger partial charge in [-0.1, -0.05) is 6.58 Å². The minimum atomic E-state index is -0.359. The molecular formula is C6H10O3. The Balaban J connectivity index is 0. The van der Waals surface area contributed by atoms with E-state index in [1.165, 1.54) is 0 Å². The molecule has 0 radical (unpaired) electrons. The average Bonchev–Trinajstić information content (AvgIpc) is 1.93. The first-order chi connectivity index (χ1) is 4.31. The molecular weight excluding hydrogens is 120 g/mol. The van der Waals surface area contributed by atoms with Crippen LogP contribution in [-0.2, 0) is 14.3 Å². The first-order valence-corrected chi connectivity index (χ1v) is 2.39. The Labute approximate surface area is 54.3 Å². The van der Waals surface area contributed by atoms with E-state index in [0.717, 1.165) is 6.08 Å². The molecule has 0 spiro atoms. The van der Waals surface area contributed by atoms with Crippen LogP contribution in [-0.4, -0.2) is 19.4 Å². The van der Waals surface area contributed by atoms with E-state index in [0.29, 0.717) is 6.61 Å². The predicted octanol–water partition coefficient (Wildman–Crippen LogP) is 0.551. The molecule has 0 rings (SSSR count). The van der Waals surface area contributed by atoms with E-state index < -0.39 is 0 Å². The summed E-state index contributed by atoms with van der Waals surface area (Å²) in [5.74, 6) is -0.359. The summed E-state index contributed by atoms with van der Waals surface area (Å²) in [7, 11) is 0. The molecule has 0 amide bonds. The monoisotopic (exact) mass is 130 g/mol. The first-order valence-electron chi connectivity index (χ1n) is 2.39. The lowest BCUT2D eigenvalue weighted by atomic mass is 10.6. The van der Waals surface area contributed by atoms with Crippen molar-refractivity contribution in [1.82, 2.24) is 0 Å². The van der Waals surface area contributed by atoms with Crippen LogP contribution in [0, 0.1) is 0 Å². The number of esters is 1. The van der Waals surface area contributed by atoms with E-state index in [4.69, 9.17) is 4.79 Å². The predicted molar refractivity (Wildman–Crippen MR) is 34.0 cm³/mol. The van der Waals surface area contributed by atoms with Crippen molar-refractivity contribution in [1.29, 1.82) is 0 Å². The minimum Gasteiger partial charge on any atom is -0.463 e. The molecule has 0 fully saturated rings. The van der Waals surface area contributed by atoms with Gasteiger partial charge in [-0.3, -0.25) is 0 Å². The largest absolute Gasteiger partial charge is 0.463 e. The maximum atomic E-state index is 10.1. The summed E-state index contributed by atoms with van der Waals surface area (Å²) in [6.07, 6.45) is 1.14. The molecule has 0 saturated carbocycles. The Bertz CT molecular complexity index is 88.3. The molecule has 52 valence electrons. The molecule has 0 saturated heterocycles. The summed E-state index contributed by atoms with van der Waals surface area (Å²) in [5.41, 5.74) is 0. The van der Waals surface area contributed by atoms with Gasteiger partial charge in [0.25, 0.3) is 0 Å². The van der Waals surface area contributed by atoms with Gasteiger partial charge in [0.05, 0.1) is 6.61 Å². The number of carbonyl (C=O) groups excluding carboxylic acids is 2. The van der Waals surface area contributed by atoms with Crippen LogP contribution in [0.25, 0.3) is 0 Å². The average molecular weight is 130 g/mol. The topological polar surface area (TPSA) is 43.4 Å². The molecule has 0 aliphatic rings. The molecule has 0 heterocycles. The van der Waals surface area contributed by atoms with Crippen LogP contribution in [0.15, 0.2) is 12.7 Å². The zero-order chi connectivity index (χ0) is 7.70. The Morgan fingerprint density at radius 2 is 2.11 bits per heavy atom. The van der Waals surface area contributed by atoms with Gasteiger partial charge in [-0.05, 0) is 6.92 Å². The summed E-state index contributed by atoms with van der Waals surface area (Å²) < 4.78 is 4.43. The lowest BCUT2D eigenvalue weighted by Gasteiger charge is -1.90. The molecule has 0 aromatic heterocycles. The second-order valence-corrected chi connectivity index (χ2v) is 0.956. The Morgan fingerprint density at radius 3 is 2.22 bits per heavy atom. The zero-order valence-corrected chi connectivity index (χ0v) is 5.42. The van der Waals surface area contributed by atoms with Crippen LogP contribution < -0.4 is 0 Å². The van der Waals surface area contributed by atoms with Gasteiger partial charge >= 0.3 is 5.97 Å². The maximum absolute atomic E-state index is 10.1. The highest BCUT2D eigenvalue weighted by molar-refractivity contribution is 5.81. The molecule has 0 aliphatic heterocycles. The highest BCUT2D eigenvalue weighted by atomic mass is 16.5. The third kappa shape index (κ3) is 10.9. The van der Waals surface area contributed by atoms with Crippen molar-refractivity contribution < 1.29 is 14.3 Å². The SMILES string of the molecule is C=CC(=O)OCC.C=O. The van der Waals surface area contributed by atoms with Crippen molar-refractivity contribution in [3.63, 3.8) is 0 Å². The van der Waals surface area contributed by atoms with Gasteiger partial charge < -0.3 is 9.53 Å². The molecule has 3 nitrogen and oxygen atoms in total. The smallest absolute Gasteiger partial charge is 0.330 e. The van der Waals surface area contributed by atoms with Crippen molar-refractivity contribution in [2.45, 2.75) is 6.92 Å². The van der Waals surface area contributed by atoms with Gasteiger partial charge in [0, 0.05) is 6.08 Å².